The van der Waals surface area contributed by atoms with E-state index in [9.17, 15) is 0 Å². The van der Waals surface area contributed by atoms with Gasteiger partial charge in [-0.05, 0) is 31.0 Å². The zero-order valence-corrected chi connectivity index (χ0v) is 13.2. The van der Waals surface area contributed by atoms with E-state index in [1.54, 1.807) is 11.3 Å². The largest absolute Gasteiger partial charge is 0.493 e. The van der Waals surface area contributed by atoms with Crippen molar-refractivity contribution < 1.29 is 4.74 Å². The molecule has 0 fully saturated rings. The molecule has 0 saturated heterocycles. The van der Waals surface area contributed by atoms with Gasteiger partial charge in [0.15, 0.2) is 0 Å². The Morgan fingerprint density at radius 1 is 1.43 bits per heavy atom. The van der Waals surface area contributed by atoms with Crippen LogP contribution in [0.25, 0.3) is 0 Å². The average Bonchev–Trinajstić information content (AvgIpc) is 3.04. The molecule has 0 saturated carbocycles. The summed E-state index contributed by atoms with van der Waals surface area (Å²) in [6.07, 6.45) is 5.12. The molecule has 1 aromatic heterocycles. The van der Waals surface area contributed by atoms with Crippen LogP contribution in [0.4, 0.5) is 0 Å². The SMILES string of the molecule is CCCNC(Cc1nccs1)C1CCOc2ccccc21. The van der Waals surface area contributed by atoms with Crippen LogP contribution in [0.1, 0.15) is 36.3 Å². The molecule has 0 bridgehead atoms. The maximum atomic E-state index is 5.80. The van der Waals surface area contributed by atoms with E-state index in [2.05, 4.69) is 46.9 Å². The van der Waals surface area contributed by atoms with Crippen molar-refractivity contribution in [2.24, 2.45) is 0 Å². The number of nitrogens with zero attached hydrogens (tertiary/aromatic N) is 1. The Hall–Kier alpha value is -1.39. The van der Waals surface area contributed by atoms with Crippen LogP contribution in [0.2, 0.25) is 0 Å². The molecule has 3 nitrogen and oxygen atoms in total. The summed E-state index contributed by atoms with van der Waals surface area (Å²) >= 11 is 1.75. The van der Waals surface area contributed by atoms with Crippen LogP contribution < -0.4 is 10.1 Å². The van der Waals surface area contributed by atoms with E-state index in [0.29, 0.717) is 12.0 Å². The summed E-state index contributed by atoms with van der Waals surface area (Å²) in [4.78, 5) is 4.46. The lowest BCUT2D eigenvalue weighted by Crippen LogP contribution is -2.39. The summed E-state index contributed by atoms with van der Waals surface area (Å²) in [7, 11) is 0. The van der Waals surface area contributed by atoms with Gasteiger partial charge in [0.05, 0.1) is 11.6 Å². The van der Waals surface area contributed by atoms with Crippen molar-refractivity contribution in [2.75, 3.05) is 13.2 Å². The fourth-order valence-corrected chi connectivity index (χ4v) is 3.69. The van der Waals surface area contributed by atoms with Gasteiger partial charge in [0.1, 0.15) is 5.75 Å². The Balaban J connectivity index is 1.82. The third-order valence-electron chi connectivity index (χ3n) is 4.03. The number of hydrogen-bond donors (Lipinski definition) is 1. The van der Waals surface area contributed by atoms with Crippen LogP contribution in [0, 0.1) is 0 Å². The maximum Gasteiger partial charge on any atom is 0.122 e. The van der Waals surface area contributed by atoms with Crippen molar-refractivity contribution in [3.8, 4) is 5.75 Å². The van der Waals surface area contributed by atoms with E-state index >= 15 is 0 Å². The monoisotopic (exact) mass is 302 g/mol. The molecule has 1 aliphatic heterocycles. The Bertz CT molecular complexity index is 556. The van der Waals surface area contributed by atoms with Gasteiger partial charge in [0.25, 0.3) is 0 Å². The lowest BCUT2D eigenvalue weighted by molar-refractivity contribution is 0.244. The molecule has 4 heteroatoms. The molecule has 112 valence electrons. The van der Waals surface area contributed by atoms with Crippen LogP contribution in [-0.2, 0) is 6.42 Å². The van der Waals surface area contributed by atoms with Crippen molar-refractivity contribution >= 4 is 11.3 Å². The van der Waals surface area contributed by atoms with Gasteiger partial charge in [0, 0.05) is 30.0 Å². The number of para-hydroxylation sites is 1. The molecule has 21 heavy (non-hydrogen) atoms. The molecule has 2 atom stereocenters. The van der Waals surface area contributed by atoms with Gasteiger partial charge in [-0.15, -0.1) is 11.3 Å². The molecular weight excluding hydrogens is 280 g/mol. The summed E-state index contributed by atoms with van der Waals surface area (Å²) in [6, 6.07) is 8.89. The molecule has 0 radical (unpaired) electrons. The molecular formula is C17H22N2OS. The third-order valence-corrected chi connectivity index (χ3v) is 4.83. The van der Waals surface area contributed by atoms with Gasteiger partial charge in [-0.1, -0.05) is 25.1 Å². The number of hydrogen-bond acceptors (Lipinski definition) is 4. The summed E-state index contributed by atoms with van der Waals surface area (Å²) in [5, 5.41) is 7.00. The average molecular weight is 302 g/mol. The molecule has 0 amide bonds. The Morgan fingerprint density at radius 3 is 3.14 bits per heavy atom. The van der Waals surface area contributed by atoms with Crippen LogP contribution >= 0.6 is 11.3 Å². The standard InChI is InChI=1S/C17H22N2OS/c1-2-8-18-15(12-17-19-9-11-21-17)13-7-10-20-16-6-4-3-5-14(13)16/h3-6,9,11,13,15,18H,2,7-8,10,12H2,1H3. The predicted molar refractivity (Wildman–Crippen MR) is 87.2 cm³/mol. The Labute approximate surface area is 130 Å². The highest BCUT2D eigenvalue weighted by Crippen LogP contribution is 2.36. The topological polar surface area (TPSA) is 34.2 Å². The van der Waals surface area contributed by atoms with E-state index in [4.69, 9.17) is 4.74 Å². The number of fused-ring (bicyclic) bond motifs is 1. The van der Waals surface area contributed by atoms with Gasteiger partial charge in [0.2, 0.25) is 0 Å². The molecule has 2 unspecified atom stereocenters. The minimum atomic E-state index is 0.432. The highest BCUT2D eigenvalue weighted by Gasteiger charge is 2.29. The number of benzene rings is 1. The first-order valence-corrected chi connectivity index (χ1v) is 8.60. The van der Waals surface area contributed by atoms with Crippen molar-refractivity contribution in [3.63, 3.8) is 0 Å². The zero-order chi connectivity index (χ0) is 14.5. The quantitative estimate of drug-likeness (QED) is 0.885. The first-order chi connectivity index (χ1) is 10.4. The highest BCUT2D eigenvalue weighted by molar-refractivity contribution is 7.09. The van der Waals surface area contributed by atoms with E-state index in [-0.39, 0.29) is 0 Å². The second-order valence-corrected chi connectivity index (χ2v) is 6.45. The highest BCUT2D eigenvalue weighted by atomic mass is 32.1. The van der Waals surface area contributed by atoms with Crippen LogP contribution in [0.3, 0.4) is 0 Å². The summed E-state index contributed by atoms with van der Waals surface area (Å²) in [5.41, 5.74) is 1.34. The van der Waals surface area contributed by atoms with Crippen molar-refractivity contribution in [2.45, 2.75) is 38.1 Å². The van der Waals surface area contributed by atoms with Crippen molar-refractivity contribution in [1.82, 2.24) is 10.3 Å². The van der Waals surface area contributed by atoms with Crippen molar-refractivity contribution in [1.29, 1.82) is 0 Å². The summed E-state index contributed by atoms with van der Waals surface area (Å²) in [6.45, 7) is 4.07. The normalized spacial score (nSPS) is 18.8. The number of ether oxygens (including phenoxy) is 1. The molecule has 0 spiro atoms. The van der Waals surface area contributed by atoms with Crippen molar-refractivity contribution in [3.05, 3.63) is 46.4 Å². The zero-order valence-electron chi connectivity index (χ0n) is 12.4. The van der Waals surface area contributed by atoms with Gasteiger partial charge < -0.3 is 10.1 Å². The predicted octanol–water partition coefficient (Wildman–Crippen LogP) is 3.62. The molecule has 1 N–H and O–H groups in total. The van der Waals surface area contributed by atoms with E-state index in [1.807, 2.05) is 6.20 Å². The fraction of sp³-hybridized carbons (Fsp3) is 0.471. The Kier molecular flexibility index (Phi) is 4.88. The van der Waals surface area contributed by atoms with Gasteiger partial charge in [-0.3, -0.25) is 0 Å². The molecule has 2 heterocycles. The smallest absolute Gasteiger partial charge is 0.122 e. The van der Waals surface area contributed by atoms with Crippen LogP contribution in [-0.4, -0.2) is 24.2 Å². The molecule has 3 rings (SSSR count). The lowest BCUT2D eigenvalue weighted by Gasteiger charge is -2.32. The number of nitrogens with one attached hydrogen (secondary N) is 1. The first-order valence-electron chi connectivity index (χ1n) is 7.72. The fourth-order valence-electron chi connectivity index (χ4n) is 3.02. The second-order valence-electron chi connectivity index (χ2n) is 5.47. The van der Waals surface area contributed by atoms with Crippen LogP contribution in [0.5, 0.6) is 5.75 Å². The van der Waals surface area contributed by atoms with E-state index < -0.39 is 0 Å². The van der Waals surface area contributed by atoms with Gasteiger partial charge >= 0.3 is 0 Å². The number of aromatic nitrogens is 1. The van der Waals surface area contributed by atoms with Gasteiger partial charge in [-0.2, -0.15) is 0 Å². The summed E-state index contributed by atoms with van der Waals surface area (Å²) < 4.78 is 5.80. The maximum absolute atomic E-state index is 5.80. The van der Waals surface area contributed by atoms with Gasteiger partial charge in [-0.25, -0.2) is 4.98 Å². The Morgan fingerprint density at radius 2 is 2.33 bits per heavy atom. The summed E-state index contributed by atoms with van der Waals surface area (Å²) in [5.74, 6) is 1.56. The minimum absolute atomic E-state index is 0.432. The van der Waals surface area contributed by atoms with E-state index in [0.717, 1.165) is 38.2 Å². The number of thiazole rings is 1. The first kappa shape index (κ1) is 14.5. The molecule has 1 aliphatic rings. The number of rotatable bonds is 6. The molecule has 2 aromatic rings. The third kappa shape index (κ3) is 3.44. The molecule has 1 aromatic carbocycles. The lowest BCUT2D eigenvalue weighted by atomic mass is 9.85. The molecule has 0 aliphatic carbocycles. The van der Waals surface area contributed by atoms with E-state index in [1.165, 1.54) is 10.6 Å². The second kappa shape index (κ2) is 7.05. The van der Waals surface area contributed by atoms with Crippen LogP contribution in [0.15, 0.2) is 35.8 Å². The minimum Gasteiger partial charge on any atom is -0.493 e.